The van der Waals surface area contributed by atoms with Crippen molar-refractivity contribution in [3.8, 4) is 0 Å². The molecule has 8 nitrogen and oxygen atoms in total. The Kier molecular flexibility index (Phi) is 3.26. The number of carbonyl (C=O) groups excluding carboxylic acids is 1. The van der Waals surface area contributed by atoms with Gasteiger partial charge >= 0.3 is 0 Å². The Labute approximate surface area is 124 Å². The number of anilines is 1. The molecule has 3 rings (SSSR count). The summed E-state index contributed by atoms with van der Waals surface area (Å²) < 4.78 is 1.55. The third kappa shape index (κ3) is 2.62. The van der Waals surface area contributed by atoms with Crippen LogP contribution >= 0.6 is 0 Å². The predicted octanol–water partition coefficient (Wildman–Crippen LogP) is 2.20. The summed E-state index contributed by atoms with van der Waals surface area (Å²) in [5.41, 5.74) is 1.28. The lowest BCUT2D eigenvalue weighted by molar-refractivity contribution is -0.384. The van der Waals surface area contributed by atoms with Gasteiger partial charge in [-0.3, -0.25) is 14.9 Å². The van der Waals surface area contributed by atoms with E-state index in [9.17, 15) is 14.9 Å². The molecule has 0 aliphatic rings. The lowest BCUT2D eigenvalue weighted by Crippen LogP contribution is -2.12. The average molecular weight is 297 g/mol. The van der Waals surface area contributed by atoms with Crippen molar-refractivity contribution in [1.29, 1.82) is 0 Å². The van der Waals surface area contributed by atoms with E-state index in [2.05, 4.69) is 15.4 Å². The zero-order valence-electron chi connectivity index (χ0n) is 11.6. The second kappa shape index (κ2) is 5.24. The topological polar surface area (TPSA) is 102 Å². The summed E-state index contributed by atoms with van der Waals surface area (Å²) in [4.78, 5) is 26.5. The molecule has 0 saturated heterocycles. The Morgan fingerprint density at radius 2 is 2.14 bits per heavy atom. The third-order valence-corrected chi connectivity index (χ3v) is 3.01. The van der Waals surface area contributed by atoms with Crippen molar-refractivity contribution in [2.45, 2.75) is 6.92 Å². The van der Waals surface area contributed by atoms with Crippen LogP contribution in [0.4, 0.5) is 11.4 Å². The zero-order valence-corrected chi connectivity index (χ0v) is 11.6. The summed E-state index contributed by atoms with van der Waals surface area (Å²) in [6.45, 7) is 1.77. The number of amides is 1. The van der Waals surface area contributed by atoms with E-state index in [1.54, 1.807) is 29.8 Å². The Morgan fingerprint density at radius 1 is 1.32 bits per heavy atom. The normalized spacial score (nSPS) is 10.6. The molecule has 3 aromatic rings. The molecular weight excluding hydrogens is 286 g/mol. The molecule has 0 atom stereocenters. The minimum Gasteiger partial charge on any atom is -0.321 e. The summed E-state index contributed by atoms with van der Waals surface area (Å²) in [5.74, 6) is 0.196. The van der Waals surface area contributed by atoms with Crippen molar-refractivity contribution in [2.24, 2.45) is 0 Å². The molecule has 0 unspecified atom stereocenters. The van der Waals surface area contributed by atoms with E-state index in [0.717, 1.165) is 0 Å². The van der Waals surface area contributed by atoms with Crippen LogP contribution in [0.3, 0.4) is 0 Å². The third-order valence-electron chi connectivity index (χ3n) is 3.01. The Morgan fingerprint density at radius 3 is 2.91 bits per heavy atom. The quantitative estimate of drug-likeness (QED) is 0.589. The van der Waals surface area contributed by atoms with Crippen molar-refractivity contribution in [1.82, 2.24) is 14.6 Å². The van der Waals surface area contributed by atoms with Crippen LogP contribution in [0.15, 0.2) is 42.6 Å². The summed E-state index contributed by atoms with van der Waals surface area (Å²) in [6, 6.07) is 8.97. The highest BCUT2D eigenvalue weighted by atomic mass is 16.6. The fourth-order valence-electron chi connectivity index (χ4n) is 2.03. The van der Waals surface area contributed by atoms with Gasteiger partial charge in [-0.25, -0.2) is 9.50 Å². The highest BCUT2D eigenvalue weighted by Crippen LogP contribution is 2.15. The average Bonchev–Trinajstić information content (AvgIpc) is 2.86. The fraction of sp³-hybridized carbons (Fsp3) is 0.0714. The molecule has 8 heteroatoms. The molecule has 2 aromatic heterocycles. The number of nitrogens with zero attached hydrogens (tertiary/aromatic N) is 4. The molecule has 0 saturated carbocycles. The SMILES string of the molecule is Cc1nc2ccc(NC(=O)c3cccc([N+](=O)[O-])c3)cn2n1. The van der Waals surface area contributed by atoms with Crippen molar-refractivity contribution in [3.63, 3.8) is 0 Å². The number of hydrogen-bond donors (Lipinski definition) is 1. The number of aromatic nitrogens is 3. The van der Waals surface area contributed by atoms with Crippen molar-refractivity contribution in [2.75, 3.05) is 5.32 Å². The molecule has 1 amide bonds. The first kappa shape index (κ1) is 13.7. The van der Waals surface area contributed by atoms with Crippen LogP contribution < -0.4 is 5.32 Å². The van der Waals surface area contributed by atoms with Crippen LogP contribution in [0.2, 0.25) is 0 Å². The lowest BCUT2D eigenvalue weighted by Gasteiger charge is -2.05. The predicted molar refractivity (Wildman–Crippen MR) is 78.8 cm³/mol. The molecule has 0 bridgehead atoms. The molecule has 2 heterocycles. The minimum atomic E-state index is -0.541. The van der Waals surface area contributed by atoms with Crippen molar-refractivity contribution in [3.05, 3.63) is 64.1 Å². The van der Waals surface area contributed by atoms with Gasteiger partial charge in [-0.15, -0.1) is 0 Å². The first-order valence-corrected chi connectivity index (χ1v) is 6.42. The fourth-order valence-corrected chi connectivity index (χ4v) is 2.03. The highest BCUT2D eigenvalue weighted by molar-refractivity contribution is 6.04. The molecule has 110 valence electrons. The molecule has 1 N–H and O–H groups in total. The van der Waals surface area contributed by atoms with Gasteiger partial charge in [0.05, 0.1) is 16.8 Å². The molecular formula is C14H11N5O3. The number of aryl methyl sites for hydroxylation is 1. The van der Waals surface area contributed by atoms with Gasteiger partial charge < -0.3 is 5.32 Å². The summed E-state index contributed by atoms with van der Waals surface area (Å²) in [7, 11) is 0. The number of fused-ring (bicyclic) bond motifs is 1. The second-order valence-electron chi connectivity index (χ2n) is 4.64. The molecule has 1 aromatic carbocycles. The van der Waals surface area contributed by atoms with E-state index in [0.29, 0.717) is 17.2 Å². The van der Waals surface area contributed by atoms with Crippen LogP contribution in [0.25, 0.3) is 5.65 Å². The maximum absolute atomic E-state index is 12.2. The number of carbonyl (C=O) groups is 1. The number of nitrogens with one attached hydrogen (secondary N) is 1. The monoisotopic (exact) mass is 297 g/mol. The molecule has 0 aliphatic carbocycles. The second-order valence-corrected chi connectivity index (χ2v) is 4.64. The van der Waals surface area contributed by atoms with Gasteiger partial charge in [0.15, 0.2) is 5.65 Å². The number of nitro benzene ring substituents is 1. The lowest BCUT2D eigenvalue weighted by atomic mass is 10.2. The van der Waals surface area contributed by atoms with Crippen LogP contribution in [0, 0.1) is 17.0 Å². The van der Waals surface area contributed by atoms with Gasteiger partial charge in [0.25, 0.3) is 11.6 Å². The largest absolute Gasteiger partial charge is 0.321 e. The van der Waals surface area contributed by atoms with E-state index >= 15 is 0 Å². The Balaban J connectivity index is 1.86. The molecule has 0 fully saturated rings. The summed E-state index contributed by atoms with van der Waals surface area (Å²) >= 11 is 0. The van der Waals surface area contributed by atoms with Crippen molar-refractivity contribution < 1.29 is 9.72 Å². The maximum Gasteiger partial charge on any atom is 0.270 e. The smallest absolute Gasteiger partial charge is 0.270 e. The van der Waals surface area contributed by atoms with E-state index in [1.807, 2.05) is 0 Å². The minimum absolute atomic E-state index is 0.130. The number of nitro groups is 1. The summed E-state index contributed by atoms with van der Waals surface area (Å²) in [6.07, 6.45) is 1.63. The van der Waals surface area contributed by atoms with Crippen LogP contribution in [-0.2, 0) is 0 Å². The molecule has 0 radical (unpaired) electrons. The van der Waals surface area contributed by atoms with Crippen LogP contribution in [0.1, 0.15) is 16.2 Å². The van der Waals surface area contributed by atoms with E-state index in [-0.39, 0.29) is 11.3 Å². The first-order valence-electron chi connectivity index (χ1n) is 6.42. The van der Waals surface area contributed by atoms with Gasteiger partial charge in [-0.2, -0.15) is 5.10 Å². The molecule has 0 aliphatic heterocycles. The number of rotatable bonds is 3. The molecule has 22 heavy (non-hydrogen) atoms. The zero-order chi connectivity index (χ0) is 15.7. The van der Waals surface area contributed by atoms with Gasteiger partial charge in [-0.05, 0) is 25.1 Å². The van der Waals surface area contributed by atoms with Gasteiger partial charge in [0, 0.05) is 17.7 Å². The van der Waals surface area contributed by atoms with E-state index < -0.39 is 10.8 Å². The number of benzene rings is 1. The van der Waals surface area contributed by atoms with Gasteiger partial charge in [0.1, 0.15) is 5.82 Å². The Bertz CT molecular complexity index is 887. The van der Waals surface area contributed by atoms with Crippen LogP contribution in [-0.4, -0.2) is 25.4 Å². The standard InChI is InChI=1S/C14H11N5O3/c1-9-15-13-6-5-11(8-18(13)17-9)16-14(20)10-3-2-4-12(7-10)19(21)22/h2-8H,1H3,(H,16,20). The first-order chi connectivity index (χ1) is 10.5. The van der Waals surface area contributed by atoms with Gasteiger partial charge in [0.2, 0.25) is 0 Å². The van der Waals surface area contributed by atoms with Gasteiger partial charge in [-0.1, -0.05) is 6.07 Å². The summed E-state index contributed by atoms with van der Waals surface area (Å²) in [5, 5.41) is 17.6. The number of hydrogen-bond acceptors (Lipinski definition) is 5. The molecule has 0 spiro atoms. The van der Waals surface area contributed by atoms with Crippen molar-refractivity contribution >= 4 is 22.9 Å². The van der Waals surface area contributed by atoms with E-state index in [1.165, 1.54) is 24.3 Å². The number of non-ortho nitro benzene ring substituents is 1. The maximum atomic E-state index is 12.2. The highest BCUT2D eigenvalue weighted by Gasteiger charge is 2.12. The van der Waals surface area contributed by atoms with Crippen LogP contribution in [0.5, 0.6) is 0 Å². The Hall–Kier alpha value is -3.29. The number of pyridine rings is 1. The van der Waals surface area contributed by atoms with E-state index in [4.69, 9.17) is 0 Å².